The van der Waals surface area contributed by atoms with Gasteiger partial charge in [-0.05, 0) is 57.1 Å². The molecular weight excluding hydrogens is 290 g/mol. The van der Waals surface area contributed by atoms with Crippen molar-refractivity contribution in [1.29, 1.82) is 0 Å². The lowest BCUT2D eigenvalue weighted by atomic mass is 9.87. The van der Waals surface area contributed by atoms with E-state index in [1.54, 1.807) is 6.26 Å². The molecule has 5 nitrogen and oxygen atoms in total. The monoisotopic (exact) mass is 321 g/mol. The molecule has 0 saturated heterocycles. The zero-order chi connectivity index (χ0) is 16.3. The third kappa shape index (κ3) is 7.08. The van der Waals surface area contributed by atoms with Gasteiger partial charge in [0.15, 0.2) is 5.96 Å². The summed E-state index contributed by atoms with van der Waals surface area (Å²) in [6, 6.07) is 4.37. The van der Waals surface area contributed by atoms with Crippen LogP contribution in [-0.4, -0.2) is 31.7 Å². The summed E-state index contributed by atoms with van der Waals surface area (Å²) in [5.41, 5.74) is 0. The molecular formula is C18H31N3O2. The quantitative estimate of drug-likeness (QED) is 0.438. The average Bonchev–Trinajstić information content (AvgIpc) is 3.06. The first kappa shape index (κ1) is 17.9. The summed E-state index contributed by atoms with van der Waals surface area (Å²) in [5, 5.41) is 6.91. The van der Waals surface area contributed by atoms with Crippen LogP contribution >= 0.6 is 0 Å². The van der Waals surface area contributed by atoms with Crippen LogP contribution in [0.5, 0.6) is 0 Å². The third-order valence-corrected chi connectivity index (χ3v) is 4.24. The lowest BCUT2D eigenvalue weighted by Crippen LogP contribution is -2.44. The fourth-order valence-electron chi connectivity index (χ4n) is 2.84. The highest BCUT2D eigenvalue weighted by Gasteiger charge is 2.18. The Morgan fingerprint density at radius 3 is 2.87 bits per heavy atom. The van der Waals surface area contributed by atoms with Gasteiger partial charge in [-0.1, -0.05) is 6.92 Å². The summed E-state index contributed by atoms with van der Waals surface area (Å²) in [7, 11) is 0. The first-order valence-corrected chi connectivity index (χ1v) is 8.93. The number of guanidine groups is 1. The molecule has 0 radical (unpaired) electrons. The van der Waals surface area contributed by atoms with E-state index in [0.717, 1.165) is 37.1 Å². The molecule has 1 aromatic heterocycles. The number of nitrogens with one attached hydrogen (secondary N) is 2. The maximum absolute atomic E-state index is 5.58. The maximum Gasteiger partial charge on any atom is 0.191 e. The number of hydrogen-bond acceptors (Lipinski definition) is 3. The second-order valence-electron chi connectivity index (χ2n) is 6.35. The molecule has 0 aromatic carbocycles. The van der Waals surface area contributed by atoms with Gasteiger partial charge in [-0.25, -0.2) is 0 Å². The van der Waals surface area contributed by atoms with Crippen LogP contribution in [0.4, 0.5) is 0 Å². The highest BCUT2D eigenvalue weighted by molar-refractivity contribution is 5.80. The first-order chi connectivity index (χ1) is 11.3. The maximum atomic E-state index is 5.58. The van der Waals surface area contributed by atoms with Crippen molar-refractivity contribution in [3.8, 4) is 0 Å². The Labute approximate surface area is 139 Å². The molecule has 5 heteroatoms. The zero-order valence-corrected chi connectivity index (χ0v) is 14.5. The van der Waals surface area contributed by atoms with Gasteiger partial charge in [0.1, 0.15) is 12.4 Å². The van der Waals surface area contributed by atoms with Crippen molar-refractivity contribution >= 4 is 5.96 Å². The lowest BCUT2D eigenvalue weighted by Gasteiger charge is -2.28. The van der Waals surface area contributed by atoms with Crippen molar-refractivity contribution in [2.45, 2.75) is 58.6 Å². The Hall–Kier alpha value is -1.49. The van der Waals surface area contributed by atoms with E-state index in [-0.39, 0.29) is 0 Å². The topological polar surface area (TPSA) is 58.8 Å². The van der Waals surface area contributed by atoms with E-state index in [1.807, 2.05) is 12.1 Å². The van der Waals surface area contributed by atoms with Gasteiger partial charge in [0.05, 0.1) is 6.26 Å². The van der Waals surface area contributed by atoms with E-state index < -0.39 is 0 Å². The molecule has 0 amide bonds. The van der Waals surface area contributed by atoms with Crippen LogP contribution in [0.2, 0.25) is 0 Å². The lowest BCUT2D eigenvalue weighted by molar-refractivity contribution is 0.105. The van der Waals surface area contributed by atoms with Crippen molar-refractivity contribution in [3.05, 3.63) is 24.2 Å². The molecule has 0 spiro atoms. The Morgan fingerprint density at radius 2 is 2.17 bits per heavy atom. The molecule has 1 aromatic rings. The van der Waals surface area contributed by atoms with Gasteiger partial charge in [-0.2, -0.15) is 0 Å². The van der Waals surface area contributed by atoms with Gasteiger partial charge in [-0.3, -0.25) is 4.99 Å². The SMILES string of the molecule is CCNC(=NCCCOCc1ccco1)NC1CCC(C)CC1. The molecule has 0 bridgehead atoms. The molecule has 130 valence electrons. The number of hydrogen-bond donors (Lipinski definition) is 2. The minimum atomic E-state index is 0.537. The Morgan fingerprint density at radius 1 is 1.35 bits per heavy atom. The van der Waals surface area contributed by atoms with Crippen LogP contribution in [0, 0.1) is 5.92 Å². The normalized spacial score (nSPS) is 22.1. The van der Waals surface area contributed by atoms with Crippen LogP contribution in [0.3, 0.4) is 0 Å². The van der Waals surface area contributed by atoms with E-state index in [9.17, 15) is 0 Å². The molecule has 1 fully saturated rings. The van der Waals surface area contributed by atoms with Crippen molar-refractivity contribution in [2.24, 2.45) is 10.9 Å². The molecule has 2 rings (SSSR count). The Balaban J connectivity index is 1.62. The molecule has 1 aliphatic rings. The van der Waals surface area contributed by atoms with Crippen molar-refractivity contribution in [1.82, 2.24) is 10.6 Å². The molecule has 1 saturated carbocycles. The fourth-order valence-corrected chi connectivity index (χ4v) is 2.84. The summed E-state index contributed by atoms with van der Waals surface area (Å²) in [6.45, 7) is 7.35. The number of furan rings is 1. The summed E-state index contributed by atoms with van der Waals surface area (Å²) in [4.78, 5) is 4.65. The fraction of sp³-hybridized carbons (Fsp3) is 0.722. The highest BCUT2D eigenvalue weighted by atomic mass is 16.5. The van der Waals surface area contributed by atoms with Gasteiger partial charge in [-0.15, -0.1) is 0 Å². The molecule has 2 N–H and O–H groups in total. The minimum Gasteiger partial charge on any atom is -0.467 e. The van der Waals surface area contributed by atoms with Crippen molar-refractivity contribution in [2.75, 3.05) is 19.7 Å². The largest absolute Gasteiger partial charge is 0.467 e. The van der Waals surface area contributed by atoms with E-state index in [1.165, 1.54) is 25.7 Å². The molecule has 1 heterocycles. The number of ether oxygens (including phenoxy) is 1. The smallest absolute Gasteiger partial charge is 0.191 e. The van der Waals surface area contributed by atoms with Crippen LogP contribution in [-0.2, 0) is 11.3 Å². The van der Waals surface area contributed by atoms with Gasteiger partial charge < -0.3 is 19.8 Å². The standard InChI is InChI=1S/C18H31N3O2/c1-3-19-18(21-16-9-7-15(2)8-10-16)20-11-5-12-22-14-17-6-4-13-23-17/h4,6,13,15-16H,3,5,7-12,14H2,1-2H3,(H2,19,20,21). The molecule has 0 aliphatic heterocycles. The predicted octanol–water partition coefficient (Wildman–Crippen LogP) is 3.32. The van der Waals surface area contributed by atoms with Gasteiger partial charge >= 0.3 is 0 Å². The van der Waals surface area contributed by atoms with Gasteiger partial charge in [0, 0.05) is 25.7 Å². The van der Waals surface area contributed by atoms with E-state index in [4.69, 9.17) is 9.15 Å². The number of rotatable bonds is 8. The van der Waals surface area contributed by atoms with Crippen LogP contribution < -0.4 is 10.6 Å². The number of aliphatic imine (C=N–C) groups is 1. The average molecular weight is 321 g/mol. The molecule has 0 atom stereocenters. The van der Waals surface area contributed by atoms with Gasteiger partial charge in [0.2, 0.25) is 0 Å². The Kier molecular flexibility index (Phi) is 8.01. The third-order valence-electron chi connectivity index (χ3n) is 4.24. The van der Waals surface area contributed by atoms with Crippen LogP contribution in [0.15, 0.2) is 27.8 Å². The second-order valence-corrected chi connectivity index (χ2v) is 6.35. The summed E-state index contributed by atoms with van der Waals surface area (Å²) in [6.07, 6.45) is 7.72. The Bertz CT molecular complexity index is 437. The first-order valence-electron chi connectivity index (χ1n) is 8.93. The van der Waals surface area contributed by atoms with E-state index in [0.29, 0.717) is 19.3 Å². The van der Waals surface area contributed by atoms with Crippen molar-refractivity contribution < 1.29 is 9.15 Å². The van der Waals surface area contributed by atoms with E-state index in [2.05, 4.69) is 29.5 Å². The molecule has 0 unspecified atom stereocenters. The van der Waals surface area contributed by atoms with Crippen LogP contribution in [0.1, 0.15) is 51.7 Å². The molecule has 1 aliphatic carbocycles. The zero-order valence-electron chi connectivity index (χ0n) is 14.5. The van der Waals surface area contributed by atoms with Crippen LogP contribution in [0.25, 0.3) is 0 Å². The molecule has 23 heavy (non-hydrogen) atoms. The minimum absolute atomic E-state index is 0.537. The second kappa shape index (κ2) is 10.3. The summed E-state index contributed by atoms with van der Waals surface area (Å²) < 4.78 is 10.8. The van der Waals surface area contributed by atoms with Crippen molar-refractivity contribution in [3.63, 3.8) is 0 Å². The van der Waals surface area contributed by atoms with Gasteiger partial charge in [0.25, 0.3) is 0 Å². The number of nitrogens with zero attached hydrogens (tertiary/aromatic N) is 1. The van der Waals surface area contributed by atoms with E-state index >= 15 is 0 Å². The summed E-state index contributed by atoms with van der Waals surface area (Å²) in [5.74, 6) is 2.69. The highest BCUT2D eigenvalue weighted by Crippen LogP contribution is 2.23. The summed E-state index contributed by atoms with van der Waals surface area (Å²) >= 11 is 0. The predicted molar refractivity (Wildman–Crippen MR) is 93.5 cm³/mol.